The summed E-state index contributed by atoms with van der Waals surface area (Å²) in [5.41, 5.74) is 3.43. The third-order valence-electron chi connectivity index (χ3n) is 8.92. The average molecular weight is 493 g/mol. The number of Topliss-reactive ketones (excluding diaryl/α,β-unsaturated/α-hetero) is 1. The standard InChI is InChI=1S/C31H29FN4O/c1-4-30(2)25-12-11-22-26(21-7-5-6-8-23(21)32)35-29(19-13-14-34-24(15-19)18-9-10-18)36-27(22)31(25,3)16-20(17-33)28(30)37/h5-8,13-16,18,25H,4,9-12H2,1-3H3/t25-,30-,31-/m1/s1. The maximum atomic E-state index is 15.2. The molecule has 1 fully saturated rings. The van der Waals surface area contributed by atoms with Crippen molar-refractivity contribution >= 4 is 5.78 Å². The minimum Gasteiger partial charge on any atom is -0.293 e. The Morgan fingerprint density at radius 2 is 1.92 bits per heavy atom. The number of ketones is 1. The van der Waals surface area contributed by atoms with Crippen molar-refractivity contribution in [3.8, 4) is 28.7 Å². The largest absolute Gasteiger partial charge is 0.293 e. The normalized spacial score (nSPS) is 26.6. The molecule has 1 saturated carbocycles. The van der Waals surface area contributed by atoms with Crippen LogP contribution in [0.4, 0.5) is 4.39 Å². The molecule has 3 atom stereocenters. The van der Waals surface area contributed by atoms with Gasteiger partial charge < -0.3 is 0 Å². The Balaban J connectivity index is 1.64. The first-order valence-electron chi connectivity index (χ1n) is 13.1. The summed E-state index contributed by atoms with van der Waals surface area (Å²) in [6.45, 7) is 6.08. The maximum absolute atomic E-state index is 15.2. The minimum absolute atomic E-state index is 0.0298. The van der Waals surface area contributed by atoms with Gasteiger partial charge in [-0.15, -0.1) is 0 Å². The van der Waals surface area contributed by atoms with Gasteiger partial charge in [0.25, 0.3) is 0 Å². The van der Waals surface area contributed by atoms with Gasteiger partial charge >= 0.3 is 0 Å². The van der Waals surface area contributed by atoms with E-state index in [1.54, 1.807) is 18.3 Å². The van der Waals surface area contributed by atoms with E-state index in [2.05, 4.69) is 18.0 Å². The van der Waals surface area contributed by atoms with Gasteiger partial charge in [0.05, 0.1) is 17.0 Å². The lowest BCUT2D eigenvalue weighted by molar-refractivity contribution is -0.130. The van der Waals surface area contributed by atoms with Gasteiger partial charge in [0.1, 0.15) is 11.9 Å². The molecule has 0 unspecified atom stereocenters. The van der Waals surface area contributed by atoms with E-state index in [1.165, 1.54) is 6.07 Å². The van der Waals surface area contributed by atoms with Gasteiger partial charge in [-0.1, -0.05) is 39.0 Å². The van der Waals surface area contributed by atoms with Crippen LogP contribution in [0.2, 0.25) is 0 Å². The van der Waals surface area contributed by atoms with Crippen LogP contribution >= 0.6 is 0 Å². The Bertz CT molecular complexity index is 1520. The van der Waals surface area contributed by atoms with Crippen LogP contribution in [0.3, 0.4) is 0 Å². The first kappa shape index (κ1) is 23.7. The predicted molar refractivity (Wildman–Crippen MR) is 139 cm³/mol. The van der Waals surface area contributed by atoms with Crippen molar-refractivity contribution in [3.05, 3.63) is 77.0 Å². The zero-order chi connectivity index (χ0) is 25.9. The van der Waals surface area contributed by atoms with Crippen LogP contribution in [0.25, 0.3) is 22.6 Å². The molecule has 6 rings (SSSR count). The highest BCUT2D eigenvalue weighted by molar-refractivity contribution is 6.04. The van der Waals surface area contributed by atoms with Crippen LogP contribution in [0.1, 0.15) is 69.3 Å². The van der Waals surface area contributed by atoms with Gasteiger partial charge in [0, 0.05) is 45.3 Å². The van der Waals surface area contributed by atoms with E-state index in [1.807, 2.05) is 38.1 Å². The molecule has 2 aromatic heterocycles. The van der Waals surface area contributed by atoms with E-state index in [9.17, 15) is 10.1 Å². The van der Waals surface area contributed by atoms with Crippen LogP contribution in [0.15, 0.2) is 54.2 Å². The number of allylic oxidation sites excluding steroid dienone is 2. The number of carbonyl (C=O) groups excluding carboxylic acids is 1. The minimum atomic E-state index is -0.675. The summed E-state index contributed by atoms with van der Waals surface area (Å²) in [6, 6.07) is 12.8. The maximum Gasteiger partial charge on any atom is 0.179 e. The molecule has 37 heavy (non-hydrogen) atoms. The number of fused-ring (bicyclic) bond motifs is 3. The van der Waals surface area contributed by atoms with Crippen LogP contribution in [-0.4, -0.2) is 20.7 Å². The number of hydrogen-bond acceptors (Lipinski definition) is 5. The summed E-state index contributed by atoms with van der Waals surface area (Å²) in [4.78, 5) is 28.0. The second-order valence-electron chi connectivity index (χ2n) is 11.1. The molecule has 6 heteroatoms. The Hall–Kier alpha value is -3.72. The van der Waals surface area contributed by atoms with E-state index in [-0.39, 0.29) is 23.1 Å². The van der Waals surface area contributed by atoms with Crippen molar-refractivity contribution < 1.29 is 9.18 Å². The number of nitriles is 1. The van der Waals surface area contributed by atoms with Crippen LogP contribution < -0.4 is 0 Å². The zero-order valence-corrected chi connectivity index (χ0v) is 21.4. The fourth-order valence-electron chi connectivity index (χ4n) is 6.59. The number of nitrogens with zero attached hydrogens (tertiary/aromatic N) is 4. The summed E-state index contributed by atoms with van der Waals surface area (Å²) < 4.78 is 15.2. The van der Waals surface area contributed by atoms with Crippen LogP contribution in [0.5, 0.6) is 0 Å². The number of rotatable bonds is 4. The summed E-state index contributed by atoms with van der Waals surface area (Å²) in [6.07, 6.45) is 7.88. The van der Waals surface area contributed by atoms with E-state index in [0.29, 0.717) is 35.8 Å². The van der Waals surface area contributed by atoms with Gasteiger partial charge in [-0.2, -0.15) is 5.26 Å². The number of pyridine rings is 1. The second kappa shape index (κ2) is 8.41. The lowest BCUT2D eigenvalue weighted by Gasteiger charge is -2.51. The van der Waals surface area contributed by atoms with Gasteiger partial charge in [-0.3, -0.25) is 9.78 Å². The number of carbonyl (C=O) groups is 1. The fraction of sp³-hybridized carbons (Fsp3) is 0.387. The molecule has 3 aliphatic carbocycles. The molecule has 0 radical (unpaired) electrons. The summed E-state index contributed by atoms with van der Waals surface area (Å²) >= 11 is 0. The molecule has 186 valence electrons. The summed E-state index contributed by atoms with van der Waals surface area (Å²) in [5.74, 6) is 0.542. The van der Waals surface area contributed by atoms with Gasteiger partial charge in [0.2, 0.25) is 0 Å². The molecule has 5 nitrogen and oxygen atoms in total. The molecule has 0 bridgehead atoms. The lowest BCUT2D eigenvalue weighted by atomic mass is 9.51. The Morgan fingerprint density at radius 1 is 1.14 bits per heavy atom. The van der Waals surface area contributed by atoms with E-state index in [0.717, 1.165) is 41.8 Å². The molecule has 1 aromatic carbocycles. The molecule has 3 aromatic rings. The Labute approximate surface area is 216 Å². The highest BCUT2D eigenvalue weighted by atomic mass is 19.1. The van der Waals surface area contributed by atoms with Crippen molar-refractivity contribution in [2.24, 2.45) is 11.3 Å². The van der Waals surface area contributed by atoms with Gasteiger partial charge in [0.15, 0.2) is 11.6 Å². The highest BCUT2D eigenvalue weighted by Crippen LogP contribution is 2.56. The molecule has 2 heterocycles. The van der Waals surface area contributed by atoms with Crippen molar-refractivity contribution in [1.82, 2.24) is 15.0 Å². The third kappa shape index (κ3) is 3.55. The number of aromatic nitrogens is 3. The first-order valence-corrected chi connectivity index (χ1v) is 13.1. The first-order chi connectivity index (χ1) is 17.8. The number of halogens is 1. The third-order valence-corrected chi connectivity index (χ3v) is 8.92. The van der Waals surface area contributed by atoms with Gasteiger partial charge in [-0.05, 0) is 62.3 Å². The average Bonchev–Trinajstić information content (AvgIpc) is 3.76. The summed E-state index contributed by atoms with van der Waals surface area (Å²) in [7, 11) is 0. The van der Waals surface area contributed by atoms with Gasteiger partial charge in [-0.25, -0.2) is 14.4 Å². The van der Waals surface area contributed by atoms with Crippen molar-refractivity contribution in [2.75, 3.05) is 0 Å². The molecule has 3 aliphatic rings. The Kier molecular flexibility index (Phi) is 5.38. The van der Waals surface area contributed by atoms with Crippen LogP contribution in [0, 0.1) is 28.5 Å². The predicted octanol–water partition coefficient (Wildman–Crippen LogP) is 6.49. The molecule has 0 spiro atoms. The summed E-state index contributed by atoms with van der Waals surface area (Å²) in [5, 5.41) is 9.90. The van der Waals surface area contributed by atoms with Crippen molar-refractivity contribution in [3.63, 3.8) is 0 Å². The smallest absolute Gasteiger partial charge is 0.179 e. The Morgan fingerprint density at radius 3 is 2.62 bits per heavy atom. The van der Waals surface area contributed by atoms with E-state index < -0.39 is 10.8 Å². The molecule has 0 aliphatic heterocycles. The molecule has 0 saturated heterocycles. The van der Waals surface area contributed by atoms with E-state index in [4.69, 9.17) is 9.97 Å². The fourth-order valence-corrected chi connectivity index (χ4v) is 6.59. The zero-order valence-electron chi connectivity index (χ0n) is 21.4. The lowest BCUT2D eigenvalue weighted by Crippen LogP contribution is -2.52. The topological polar surface area (TPSA) is 79.5 Å². The number of hydrogen-bond donors (Lipinski definition) is 0. The molecule has 0 N–H and O–H groups in total. The second-order valence-corrected chi connectivity index (χ2v) is 11.1. The van der Waals surface area contributed by atoms with Crippen molar-refractivity contribution in [2.45, 2.75) is 64.2 Å². The van der Waals surface area contributed by atoms with Crippen LogP contribution in [-0.2, 0) is 16.6 Å². The van der Waals surface area contributed by atoms with Crippen molar-refractivity contribution in [1.29, 1.82) is 5.26 Å². The highest BCUT2D eigenvalue weighted by Gasteiger charge is 2.56. The SMILES string of the molecule is CC[C@@]1(C)C(=O)C(C#N)=C[C@@]2(C)c3nc(-c4ccnc(C5CC5)c4)nc(-c4ccccc4F)c3CC[C@H]12. The quantitative estimate of drug-likeness (QED) is 0.416. The number of benzene rings is 1. The van der Waals surface area contributed by atoms with E-state index >= 15 is 4.39 Å². The molecule has 0 amide bonds. The monoisotopic (exact) mass is 492 g/mol. The molecular weight excluding hydrogens is 463 g/mol. The molecular formula is C31H29FN4O.